The van der Waals surface area contributed by atoms with Crippen LogP contribution in [0, 0.1) is 34.5 Å². The largest absolute Gasteiger partial charge is 0.481 e. The molecule has 0 aromatic rings. The summed E-state index contributed by atoms with van der Waals surface area (Å²) in [5.74, 6) is -2.51. The van der Waals surface area contributed by atoms with Crippen molar-refractivity contribution in [1.82, 2.24) is 0 Å². The molecule has 0 spiro atoms. The fourth-order valence-corrected chi connectivity index (χ4v) is 7.76. The minimum atomic E-state index is -1.74. The quantitative estimate of drug-likeness (QED) is 0.373. The Morgan fingerprint density at radius 3 is 2.54 bits per heavy atom. The Morgan fingerprint density at radius 1 is 1.20 bits per heavy atom. The molecule has 0 aromatic carbocycles. The van der Waals surface area contributed by atoms with Gasteiger partial charge in [0.25, 0.3) is 0 Å². The van der Waals surface area contributed by atoms with Crippen LogP contribution in [0.1, 0.15) is 59.3 Å². The van der Waals surface area contributed by atoms with Crippen LogP contribution in [0.15, 0.2) is 23.8 Å². The van der Waals surface area contributed by atoms with Gasteiger partial charge in [0.15, 0.2) is 12.4 Å². The molecule has 1 radical (unpaired) electrons. The van der Waals surface area contributed by atoms with E-state index in [-0.39, 0.29) is 84.7 Å². The van der Waals surface area contributed by atoms with E-state index in [1.807, 2.05) is 13.0 Å². The molecule has 4 aliphatic rings. The van der Waals surface area contributed by atoms with Crippen molar-refractivity contribution in [2.24, 2.45) is 34.5 Å². The first kappa shape index (κ1) is 28.3. The smallest absolute Gasteiger partial charge is 0.306 e. The molecule has 0 heterocycles. The average Bonchev–Trinajstić information content (AvgIpc) is 3.03. The standard InChI is InChI=1S/C26H34O8.Na/c1-14-10-16-17-7-9-26(33,20(29)13-34-22(32)5-4-21(30)31)25(17,3)12-19(28)23(16)24(2)8-6-15(27)11-18(14)24;/h6,8,11,14,16-17,19,23,28,33H,4-5,7,9-10,12-13H2,1-3H3,(H,30,31);. The summed E-state index contributed by atoms with van der Waals surface area (Å²) in [4.78, 5) is 47.7. The zero-order valence-electron chi connectivity index (χ0n) is 21.0. The number of carbonyl (C=O) groups excluding carboxylic acids is 3. The Bertz CT molecular complexity index is 988. The zero-order valence-corrected chi connectivity index (χ0v) is 23.0. The molecular weight excluding hydrogens is 463 g/mol. The van der Waals surface area contributed by atoms with Crippen LogP contribution in [0.4, 0.5) is 0 Å². The van der Waals surface area contributed by atoms with Crippen LogP contribution in [-0.4, -0.2) is 86.7 Å². The van der Waals surface area contributed by atoms with Crippen molar-refractivity contribution in [2.45, 2.75) is 71.0 Å². The molecule has 0 bridgehead atoms. The third-order valence-electron chi connectivity index (χ3n) is 9.34. The van der Waals surface area contributed by atoms with Gasteiger partial charge in [-0.1, -0.05) is 32.4 Å². The Labute approximate surface area is 227 Å². The molecule has 3 fully saturated rings. The molecule has 4 aliphatic carbocycles. The van der Waals surface area contributed by atoms with Gasteiger partial charge in [-0.25, -0.2) is 0 Å². The number of aliphatic hydroxyl groups excluding tert-OH is 1. The van der Waals surface area contributed by atoms with Gasteiger partial charge >= 0.3 is 11.9 Å². The molecule has 35 heavy (non-hydrogen) atoms. The summed E-state index contributed by atoms with van der Waals surface area (Å²) >= 11 is 0. The van der Waals surface area contributed by atoms with Gasteiger partial charge in [-0.05, 0) is 55.6 Å². The fourth-order valence-electron chi connectivity index (χ4n) is 7.76. The maximum absolute atomic E-state index is 13.1. The number of allylic oxidation sites excluding steroid dienone is 4. The summed E-state index contributed by atoms with van der Waals surface area (Å²) in [6, 6.07) is 0. The number of rotatable bonds is 6. The number of aliphatic carboxylic acids is 1. The molecule has 8 atom stereocenters. The number of carbonyl (C=O) groups is 4. The van der Waals surface area contributed by atoms with E-state index in [2.05, 4.69) is 13.8 Å². The van der Waals surface area contributed by atoms with E-state index in [4.69, 9.17) is 9.84 Å². The van der Waals surface area contributed by atoms with Gasteiger partial charge < -0.3 is 20.1 Å². The van der Waals surface area contributed by atoms with Crippen molar-refractivity contribution in [3.63, 3.8) is 0 Å². The topological polar surface area (TPSA) is 138 Å². The van der Waals surface area contributed by atoms with Gasteiger partial charge in [0, 0.05) is 46.3 Å². The molecule has 9 heteroatoms. The van der Waals surface area contributed by atoms with Crippen molar-refractivity contribution in [1.29, 1.82) is 0 Å². The normalized spacial score (nSPS) is 41.6. The summed E-state index contributed by atoms with van der Waals surface area (Å²) in [5.41, 5.74) is -2.04. The molecule has 187 valence electrons. The summed E-state index contributed by atoms with van der Waals surface area (Å²) in [5, 5.41) is 31.7. The predicted octanol–water partition coefficient (Wildman–Crippen LogP) is 1.84. The molecular formula is C26H34NaO8. The number of Topliss-reactive ketones (excluding diaryl/α,β-unsaturated/α-hetero) is 1. The van der Waals surface area contributed by atoms with E-state index in [0.717, 1.165) is 12.0 Å². The summed E-state index contributed by atoms with van der Waals surface area (Å²) < 4.78 is 4.98. The maximum atomic E-state index is 13.1. The van der Waals surface area contributed by atoms with Gasteiger partial charge in [-0.15, -0.1) is 0 Å². The number of fused-ring (bicyclic) bond motifs is 5. The first-order chi connectivity index (χ1) is 15.8. The second-order valence-corrected chi connectivity index (χ2v) is 11.1. The van der Waals surface area contributed by atoms with Gasteiger partial charge in [0.1, 0.15) is 5.60 Å². The summed E-state index contributed by atoms with van der Waals surface area (Å²) in [6.45, 7) is 5.40. The van der Waals surface area contributed by atoms with Crippen LogP contribution < -0.4 is 0 Å². The van der Waals surface area contributed by atoms with Gasteiger partial charge in [0.05, 0.1) is 18.9 Å². The number of carboxylic acids is 1. The van der Waals surface area contributed by atoms with E-state index in [0.29, 0.717) is 6.42 Å². The third-order valence-corrected chi connectivity index (χ3v) is 9.34. The van der Waals surface area contributed by atoms with Crippen LogP contribution in [0.2, 0.25) is 0 Å². The third kappa shape index (κ3) is 4.50. The number of hydrogen-bond acceptors (Lipinski definition) is 7. The number of ketones is 2. The predicted molar refractivity (Wildman–Crippen MR) is 126 cm³/mol. The van der Waals surface area contributed by atoms with E-state index in [1.54, 1.807) is 12.2 Å². The van der Waals surface area contributed by atoms with E-state index < -0.39 is 46.9 Å². The molecule has 8 nitrogen and oxygen atoms in total. The molecule has 0 saturated heterocycles. The first-order valence-corrected chi connectivity index (χ1v) is 12.1. The molecule has 0 aromatic heterocycles. The van der Waals surface area contributed by atoms with Crippen LogP contribution in [0.25, 0.3) is 0 Å². The van der Waals surface area contributed by atoms with E-state index in [1.165, 1.54) is 0 Å². The number of ether oxygens (including phenoxy) is 1. The average molecular weight is 498 g/mol. The van der Waals surface area contributed by atoms with Crippen molar-refractivity contribution in [2.75, 3.05) is 6.61 Å². The van der Waals surface area contributed by atoms with Gasteiger partial charge in [0.2, 0.25) is 5.78 Å². The fraction of sp³-hybridized carbons (Fsp3) is 0.692. The summed E-state index contributed by atoms with van der Waals surface area (Å²) in [6.07, 6.45) is 5.52. The second-order valence-electron chi connectivity index (χ2n) is 11.1. The number of aliphatic hydroxyl groups is 2. The Kier molecular flexibility index (Phi) is 7.96. The Balaban J connectivity index is 0.00000342. The van der Waals surface area contributed by atoms with Crippen LogP contribution in [0.3, 0.4) is 0 Å². The van der Waals surface area contributed by atoms with Gasteiger partial charge in [-0.2, -0.15) is 0 Å². The second kappa shape index (κ2) is 9.86. The number of carboxylic acid groups (broad SMARTS) is 1. The number of hydrogen-bond donors (Lipinski definition) is 3. The molecule has 0 aliphatic heterocycles. The molecule has 3 N–H and O–H groups in total. The van der Waals surface area contributed by atoms with Crippen LogP contribution in [-0.2, 0) is 23.9 Å². The monoisotopic (exact) mass is 497 g/mol. The van der Waals surface area contributed by atoms with Crippen molar-refractivity contribution < 1.29 is 39.2 Å². The number of esters is 1. The Morgan fingerprint density at radius 2 is 1.89 bits per heavy atom. The minimum absolute atomic E-state index is 0. The molecule has 4 rings (SSSR count). The minimum Gasteiger partial charge on any atom is -0.481 e. The summed E-state index contributed by atoms with van der Waals surface area (Å²) in [7, 11) is 0. The molecule has 3 saturated carbocycles. The molecule has 0 amide bonds. The molecule has 8 unspecified atom stereocenters. The first-order valence-electron chi connectivity index (χ1n) is 12.1. The SMILES string of the molecule is CC1CC2C(C(O)CC3(C)C2CCC3(O)C(=O)COC(=O)CCC(=O)O)C2(C)C=CC(=O)C=C12.[Na]. The van der Waals surface area contributed by atoms with Gasteiger partial charge in [-0.3, -0.25) is 19.2 Å². The Hall–Kier alpha value is -1.32. The zero-order chi connectivity index (χ0) is 25.1. The van der Waals surface area contributed by atoms with Crippen molar-refractivity contribution in [3.05, 3.63) is 23.8 Å². The van der Waals surface area contributed by atoms with Crippen LogP contribution in [0.5, 0.6) is 0 Å². The maximum Gasteiger partial charge on any atom is 0.306 e. The van der Waals surface area contributed by atoms with Crippen molar-refractivity contribution >= 4 is 53.1 Å². The van der Waals surface area contributed by atoms with Crippen LogP contribution >= 0.6 is 0 Å². The van der Waals surface area contributed by atoms with E-state index >= 15 is 0 Å². The van der Waals surface area contributed by atoms with E-state index in [9.17, 15) is 29.4 Å². The van der Waals surface area contributed by atoms with Crippen molar-refractivity contribution in [3.8, 4) is 0 Å².